The Morgan fingerprint density at radius 3 is 2.82 bits per heavy atom. The van der Waals surface area contributed by atoms with Gasteiger partial charge in [-0.05, 0) is 46.7 Å². The number of aromatic amines is 1. The van der Waals surface area contributed by atoms with Crippen molar-refractivity contribution in [2.45, 2.75) is 26.3 Å². The standard InChI is InChI=1S/C15H16BrN5S/c1-10-5-3-4-6-13(10)21-14(18-19-15(21)22)11(2)8-20-9-12(16)7-17-20/h3-7,9,11H,8H2,1-2H3,(H,19,22)/t11-/m1/s1. The van der Waals surface area contributed by atoms with Crippen LogP contribution in [-0.4, -0.2) is 24.5 Å². The highest BCUT2D eigenvalue weighted by Gasteiger charge is 2.17. The number of nitrogens with zero attached hydrogens (tertiary/aromatic N) is 4. The molecule has 0 unspecified atom stereocenters. The molecule has 0 amide bonds. The maximum atomic E-state index is 5.42. The first-order valence-corrected chi connectivity index (χ1v) is 8.17. The summed E-state index contributed by atoms with van der Waals surface area (Å²) in [7, 11) is 0. The molecule has 2 heterocycles. The molecular weight excluding hydrogens is 362 g/mol. The van der Waals surface area contributed by atoms with Crippen molar-refractivity contribution in [3.8, 4) is 5.69 Å². The van der Waals surface area contributed by atoms with Gasteiger partial charge in [-0.15, -0.1) is 0 Å². The van der Waals surface area contributed by atoms with E-state index in [9.17, 15) is 0 Å². The van der Waals surface area contributed by atoms with Crippen molar-refractivity contribution in [3.63, 3.8) is 0 Å². The third-order valence-corrected chi connectivity index (χ3v) is 4.24. The van der Waals surface area contributed by atoms with Crippen LogP contribution in [0.4, 0.5) is 0 Å². The zero-order chi connectivity index (χ0) is 15.7. The van der Waals surface area contributed by atoms with Gasteiger partial charge in [0.2, 0.25) is 0 Å². The van der Waals surface area contributed by atoms with Gasteiger partial charge in [0.05, 0.1) is 22.9 Å². The molecule has 114 valence electrons. The molecule has 1 aromatic carbocycles. The molecule has 0 spiro atoms. The van der Waals surface area contributed by atoms with Crippen molar-refractivity contribution in [1.29, 1.82) is 0 Å². The van der Waals surface area contributed by atoms with Gasteiger partial charge in [0.15, 0.2) is 4.77 Å². The highest BCUT2D eigenvalue weighted by molar-refractivity contribution is 9.10. The van der Waals surface area contributed by atoms with Crippen LogP contribution >= 0.6 is 28.1 Å². The summed E-state index contributed by atoms with van der Waals surface area (Å²) in [4.78, 5) is 0. The predicted molar refractivity (Wildman–Crippen MR) is 91.8 cm³/mol. The normalized spacial score (nSPS) is 12.5. The minimum Gasteiger partial charge on any atom is -0.272 e. The van der Waals surface area contributed by atoms with Crippen LogP contribution in [-0.2, 0) is 6.54 Å². The number of para-hydroxylation sites is 1. The Morgan fingerprint density at radius 2 is 2.14 bits per heavy atom. The third kappa shape index (κ3) is 2.91. The van der Waals surface area contributed by atoms with Crippen LogP contribution in [0.2, 0.25) is 0 Å². The molecule has 1 N–H and O–H groups in total. The Hall–Kier alpha value is -1.73. The fraction of sp³-hybridized carbons (Fsp3) is 0.267. The van der Waals surface area contributed by atoms with Crippen LogP contribution in [0.25, 0.3) is 5.69 Å². The van der Waals surface area contributed by atoms with Crippen LogP contribution in [0, 0.1) is 11.7 Å². The Bertz CT molecular complexity index is 847. The lowest BCUT2D eigenvalue weighted by Gasteiger charge is -2.14. The Labute approximate surface area is 142 Å². The lowest BCUT2D eigenvalue weighted by atomic mass is 10.1. The number of halogens is 1. The van der Waals surface area contributed by atoms with Crippen molar-refractivity contribution in [3.05, 3.63) is 57.3 Å². The monoisotopic (exact) mass is 377 g/mol. The first-order chi connectivity index (χ1) is 10.6. The molecule has 0 aliphatic heterocycles. The molecule has 0 aliphatic carbocycles. The summed E-state index contributed by atoms with van der Waals surface area (Å²) in [5.41, 5.74) is 2.22. The van der Waals surface area contributed by atoms with Gasteiger partial charge in [-0.25, -0.2) is 0 Å². The molecule has 0 radical (unpaired) electrons. The van der Waals surface area contributed by atoms with E-state index < -0.39 is 0 Å². The lowest BCUT2D eigenvalue weighted by Crippen LogP contribution is -2.12. The number of aromatic nitrogens is 5. The van der Waals surface area contributed by atoms with E-state index in [4.69, 9.17) is 12.2 Å². The number of H-pyrrole nitrogens is 1. The summed E-state index contributed by atoms with van der Waals surface area (Å²) in [5, 5.41) is 11.6. The topological polar surface area (TPSA) is 51.4 Å². The van der Waals surface area contributed by atoms with E-state index in [1.807, 2.05) is 27.6 Å². The van der Waals surface area contributed by atoms with E-state index in [1.165, 1.54) is 0 Å². The fourth-order valence-corrected chi connectivity index (χ4v) is 3.05. The van der Waals surface area contributed by atoms with Gasteiger partial charge in [-0.2, -0.15) is 10.2 Å². The second-order valence-electron chi connectivity index (χ2n) is 5.29. The van der Waals surface area contributed by atoms with Crippen LogP contribution in [0.1, 0.15) is 24.2 Å². The average Bonchev–Trinajstić information content (AvgIpc) is 3.06. The van der Waals surface area contributed by atoms with E-state index in [0.29, 0.717) is 4.77 Å². The molecule has 0 bridgehead atoms. The zero-order valence-electron chi connectivity index (χ0n) is 12.3. The third-order valence-electron chi connectivity index (χ3n) is 3.56. The average molecular weight is 378 g/mol. The fourth-order valence-electron chi connectivity index (χ4n) is 2.49. The summed E-state index contributed by atoms with van der Waals surface area (Å²) < 4.78 is 5.48. The molecule has 7 heteroatoms. The summed E-state index contributed by atoms with van der Waals surface area (Å²) in [5.74, 6) is 1.07. The molecule has 2 aromatic heterocycles. The molecule has 0 fully saturated rings. The number of rotatable bonds is 4. The van der Waals surface area contributed by atoms with Crippen molar-refractivity contribution < 1.29 is 0 Å². The minimum atomic E-state index is 0.166. The van der Waals surface area contributed by atoms with Crippen molar-refractivity contribution in [2.24, 2.45) is 0 Å². The summed E-state index contributed by atoms with van der Waals surface area (Å²) in [6.45, 7) is 4.93. The van der Waals surface area contributed by atoms with Crippen LogP contribution in [0.5, 0.6) is 0 Å². The quantitative estimate of drug-likeness (QED) is 0.699. The number of hydrogen-bond donors (Lipinski definition) is 1. The van der Waals surface area contributed by atoms with Gasteiger partial charge in [-0.3, -0.25) is 14.3 Å². The van der Waals surface area contributed by atoms with Gasteiger partial charge in [-0.1, -0.05) is 25.1 Å². The van der Waals surface area contributed by atoms with E-state index in [-0.39, 0.29) is 5.92 Å². The SMILES string of the molecule is Cc1ccccc1-n1c([C@H](C)Cn2cc(Br)cn2)n[nH]c1=S. The molecule has 0 aliphatic rings. The molecule has 0 saturated carbocycles. The van der Waals surface area contributed by atoms with Gasteiger partial charge in [0, 0.05) is 12.1 Å². The smallest absolute Gasteiger partial charge is 0.199 e. The number of aryl methyl sites for hydroxylation is 1. The largest absolute Gasteiger partial charge is 0.272 e. The zero-order valence-corrected chi connectivity index (χ0v) is 14.7. The molecular formula is C15H16BrN5S. The van der Waals surface area contributed by atoms with Gasteiger partial charge < -0.3 is 0 Å². The molecule has 3 aromatic rings. The van der Waals surface area contributed by atoms with Crippen molar-refractivity contribution in [2.75, 3.05) is 0 Å². The molecule has 3 rings (SSSR count). The molecule has 1 atom stereocenters. The number of nitrogens with one attached hydrogen (secondary N) is 1. The summed E-state index contributed by atoms with van der Waals surface area (Å²) >= 11 is 8.83. The van der Waals surface area contributed by atoms with Crippen LogP contribution in [0.3, 0.4) is 0 Å². The first-order valence-electron chi connectivity index (χ1n) is 6.97. The Kier molecular flexibility index (Phi) is 4.26. The van der Waals surface area contributed by atoms with Gasteiger partial charge in [0.25, 0.3) is 0 Å². The Balaban J connectivity index is 1.98. The van der Waals surface area contributed by atoms with E-state index in [0.717, 1.165) is 28.1 Å². The van der Waals surface area contributed by atoms with E-state index in [2.05, 4.69) is 57.2 Å². The highest BCUT2D eigenvalue weighted by Crippen LogP contribution is 2.22. The van der Waals surface area contributed by atoms with E-state index >= 15 is 0 Å². The maximum Gasteiger partial charge on any atom is 0.199 e. The minimum absolute atomic E-state index is 0.166. The predicted octanol–water partition coefficient (Wildman–Crippen LogP) is 4.00. The van der Waals surface area contributed by atoms with Crippen molar-refractivity contribution in [1.82, 2.24) is 24.5 Å². The number of benzene rings is 1. The maximum absolute atomic E-state index is 5.42. The number of hydrogen-bond acceptors (Lipinski definition) is 3. The van der Waals surface area contributed by atoms with Crippen LogP contribution < -0.4 is 0 Å². The van der Waals surface area contributed by atoms with Crippen LogP contribution in [0.15, 0.2) is 41.1 Å². The second-order valence-corrected chi connectivity index (χ2v) is 6.59. The van der Waals surface area contributed by atoms with Crippen molar-refractivity contribution >= 4 is 28.1 Å². The molecule has 5 nitrogen and oxygen atoms in total. The summed E-state index contributed by atoms with van der Waals surface area (Å²) in [6.07, 6.45) is 3.74. The van der Waals surface area contributed by atoms with Gasteiger partial charge in [0.1, 0.15) is 5.82 Å². The lowest BCUT2D eigenvalue weighted by molar-refractivity contribution is 0.518. The highest BCUT2D eigenvalue weighted by atomic mass is 79.9. The molecule has 22 heavy (non-hydrogen) atoms. The summed E-state index contributed by atoms with van der Waals surface area (Å²) in [6, 6.07) is 8.16. The second kappa shape index (κ2) is 6.18. The van der Waals surface area contributed by atoms with E-state index in [1.54, 1.807) is 6.20 Å². The van der Waals surface area contributed by atoms with Gasteiger partial charge >= 0.3 is 0 Å². The Morgan fingerprint density at radius 1 is 1.36 bits per heavy atom. The first kappa shape index (κ1) is 15.2. The molecule has 0 saturated heterocycles.